The van der Waals surface area contributed by atoms with Crippen LogP contribution in [0.5, 0.6) is 0 Å². The Kier molecular flexibility index (Phi) is 8.14. The van der Waals surface area contributed by atoms with Crippen molar-refractivity contribution in [3.05, 3.63) is 236 Å². The number of benzene rings is 4. The number of hydrogen-bond donors (Lipinski definition) is 4. The Morgan fingerprint density at radius 1 is 0.232 bits per heavy atom. The largest absolute Gasteiger partial charge is 0.360 e. The van der Waals surface area contributed by atoms with Crippen molar-refractivity contribution in [3.63, 3.8) is 0 Å². The molecule has 0 spiro atoms. The maximum atomic E-state index is 4.07. The average Bonchev–Trinajstić information content (AvgIpc) is 4.05. The summed E-state index contributed by atoms with van der Waals surface area (Å²) in [5.41, 5.74) is 16.8. The highest BCUT2D eigenvalue weighted by Crippen LogP contribution is 2.47. The molecule has 0 aliphatic carbocycles. The van der Waals surface area contributed by atoms with Crippen LogP contribution < -0.4 is 0 Å². The van der Waals surface area contributed by atoms with E-state index in [0.29, 0.717) is 0 Å². The smallest absolute Gasteiger partial charge is 0.0723 e. The van der Waals surface area contributed by atoms with Crippen LogP contribution in [0, 0.1) is 27.7 Å². The molecule has 56 heavy (non-hydrogen) atoms. The van der Waals surface area contributed by atoms with Crippen molar-refractivity contribution in [2.45, 2.75) is 77.0 Å². The quantitative estimate of drug-likeness (QED) is 0.139. The summed E-state index contributed by atoms with van der Waals surface area (Å²) >= 11 is 0. The van der Waals surface area contributed by atoms with E-state index in [9.17, 15) is 0 Å². The summed E-state index contributed by atoms with van der Waals surface area (Å²) in [7, 11) is 0. The highest BCUT2D eigenvalue weighted by atomic mass is 14.9. The van der Waals surface area contributed by atoms with E-state index in [1.807, 2.05) is 0 Å². The summed E-state index contributed by atoms with van der Waals surface area (Å²) in [6.45, 7) is 18.0. The summed E-state index contributed by atoms with van der Waals surface area (Å²) in [5.74, 6) is 0. The molecule has 0 saturated heterocycles. The lowest BCUT2D eigenvalue weighted by molar-refractivity contribution is 0.588. The highest BCUT2D eigenvalue weighted by molar-refractivity contribution is 5.56. The predicted molar refractivity (Wildman–Crippen MR) is 230 cm³/mol. The number of hydrogen-bond acceptors (Lipinski definition) is 0. The first-order valence-electron chi connectivity index (χ1n) is 19.9. The summed E-state index contributed by atoms with van der Waals surface area (Å²) < 4.78 is 0. The van der Waals surface area contributed by atoms with Crippen molar-refractivity contribution in [1.82, 2.24) is 19.9 Å². The van der Waals surface area contributed by atoms with E-state index in [1.54, 1.807) is 0 Å². The van der Waals surface area contributed by atoms with Gasteiger partial charge in [-0.1, -0.05) is 119 Å². The topological polar surface area (TPSA) is 63.2 Å². The number of aromatic nitrogens is 4. The van der Waals surface area contributed by atoms with Crippen LogP contribution in [0.15, 0.2) is 146 Å². The molecule has 8 aromatic rings. The van der Waals surface area contributed by atoms with Gasteiger partial charge in [-0.25, -0.2) is 0 Å². The second kappa shape index (κ2) is 12.8. The van der Waals surface area contributed by atoms with Crippen LogP contribution in [0.2, 0.25) is 0 Å². The molecule has 4 N–H and O–H groups in total. The Labute approximate surface area is 331 Å². The fourth-order valence-electron chi connectivity index (χ4n) is 9.29. The zero-order chi connectivity index (χ0) is 39.0. The van der Waals surface area contributed by atoms with Crippen molar-refractivity contribution < 1.29 is 0 Å². The summed E-state index contributed by atoms with van der Waals surface area (Å²) in [5, 5.41) is 0. The van der Waals surface area contributed by atoms with Gasteiger partial charge in [0.05, 0.1) is 21.7 Å². The zero-order valence-corrected chi connectivity index (χ0v) is 33.9. The van der Waals surface area contributed by atoms with E-state index >= 15 is 0 Å². The Morgan fingerprint density at radius 2 is 0.375 bits per heavy atom. The van der Waals surface area contributed by atoms with Crippen molar-refractivity contribution in [2.75, 3.05) is 0 Å². The minimum absolute atomic E-state index is 0.518. The fourth-order valence-corrected chi connectivity index (χ4v) is 9.29. The third-order valence-corrected chi connectivity index (χ3v) is 13.6. The molecule has 8 bridgehead atoms. The molecule has 0 unspecified atom stereocenters. The van der Waals surface area contributed by atoms with Gasteiger partial charge in [0.1, 0.15) is 0 Å². The van der Waals surface area contributed by atoms with E-state index in [1.165, 1.54) is 44.5 Å². The minimum Gasteiger partial charge on any atom is -0.360 e. The van der Waals surface area contributed by atoms with E-state index in [4.69, 9.17) is 0 Å². The molecule has 1 aliphatic rings. The van der Waals surface area contributed by atoms with Crippen LogP contribution in [0.1, 0.15) is 118 Å². The SMILES string of the molecule is Cc1ccc(C2(C)c3ccc([nH]3)C(C)(c3ccc(C)cc3)c3ccc([nH]3)C(C)(c3ccc(C)cc3)c3ccc([nH]3)C(C)(c3ccc(C)cc3)c3ccc2[nH]3)cc1. The molecule has 0 fully saturated rings. The summed E-state index contributed by atoms with van der Waals surface area (Å²) in [6, 6.07) is 54.5. The highest BCUT2D eigenvalue weighted by Gasteiger charge is 2.43. The van der Waals surface area contributed by atoms with Gasteiger partial charge in [0.15, 0.2) is 0 Å². The third kappa shape index (κ3) is 5.26. The monoisotopic (exact) mass is 732 g/mol. The maximum absolute atomic E-state index is 4.07. The van der Waals surface area contributed by atoms with E-state index < -0.39 is 21.7 Å². The molecule has 4 nitrogen and oxygen atoms in total. The molecule has 280 valence electrons. The van der Waals surface area contributed by atoms with Crippen molar-refractivity contribution in [1.29, 1.82) is 0 Å². The van der Waals surface area contributed by atoms with Crippen LogP contribution in [-0.4, -0.2) is 19.9 Å². The summed E-state index contributed by atoms with van der Waals surface area (Å²) in [6.07, 6.45) is 0. The average molecular weight is 733 g/mol. The van der Waals surface area contributed by atoms with Gasteiger partial charge in [0.25, 0.3) is 0 Å². The first kappa shape index (κ1) is 35.7. The standard InChI is InChI=1S/C52H52N4/c1-33-9-17-37(18-10-33)49(5)41-25-27-43(53-41)50(6,38-19-11-34(2)12-20-38)45-29-31-47(55-45)52(8,40-23-15-36(4)16-24-40)48-32-30-46(56-48)51(7,44-28-26-42(49)54-44)39-21-13-35(3)14-22-39/h9-32,53-56H,1-8H3. The Bertz CT molecular complexity index is 2210. The first-order chi connectivity index (χ1) is 26.8. The van der Waals surface area contributed by atoms with Gasteiger partial charge in [0, 0.05) is 45.6 Å². The minimum atomic E-state index is -0.518. The van der Waals surface area contributed by atoms with Gasteiger partial charge in [-0.2, -0.15) is 0 Å². The van der Waals surface area contributed by atoms with Crippen LogP contribution in [0.4, 0.5) is 0 Å². The fraction of sp³-hybridized carbons (Fsp3) is 0.231. The molecule has 0 radical (unpaired) electrons. The molecular formula is C52H52N4. The van der Waals surface area contributed by atoms with Gasteiger partial charge in [-0.3, -0.25) is 0 Å². The molecule has 0 atom stereocenters. The number of aryl methyl sites for hydroxylation is 4. The number of nitrogens with one attached hydrogen (secondary N) is 4. The van der Waals surface area contributed by atoms with Crippen LogP contribution >= 0.6 is 0 Å². The normalized spacial score (nSPS) is 23.3. The van der Waals surface area contributed by atoms with Gasteiger partial charge in [0.2, 0.25) is 0 Å². The molecule has 0 amide bonds. The molecule has 4 heteroatoms. The molecular weight excluding hydrogens is 681 g/mol. The lowest BCUT2D eigenvalue weighted by atomic mass is 9.76. The molecule has 9 rings (SSSR count). The predicted octanol–water partition coefficient (Wildman–Crippen LogP) is 12.0. The number of rotatable bonds is 4. The third-order valence-electron chi connectivity index (χ3n) is 13.6. The molecule has 1 aliphatic heterocycles. The van der Waals surface area contributed by atoms with E-state index in [-0.39, 0.29) is 0 Å². The molecule has 4 aromatic heterocycles. The Hall–Kier alpha value is -6.00. The van der Waals surface area contributed by atoms with Gasteiger partial charge >= 0.3 is 0 Å². The first-order valence-corrected chi connectivity index (χ1v) is 19.9. The number of aromatic amines is 4. The van der Waals surface area contributed by atoms with Crippen LogP contribution in [0.25, 0.3) is 0 Å². The van der Waals surface area contributed by atoms with Gasteiger partial charge < -0.3 is 19.9 Å². The van der Waals surface area contributed by atoms with Gasteiger partial charge in [-0.15, -0.1) is 0 Å². The molecule has 0 saturated carbocycles. The number of H-pyrrole nitrogens is 4. The van der Waals surface area contributed by atoms with Crippen molar-refractivity contribution >= 4 is 0 Å². The van der Waals surface area contributed by atoms with Gasteiger partial charge in [-0.05, 0) is 126 Å². The van der Waals surface area contributed by atoms with Crippen molar-refractivity contribution in [3.8, 4) is 0 Å². The second-order valence-corrected chi connectivity index (χ2v) is 17.1. The Morgan fingerprint density at radius 3 is 0.518 bits per heavy atom. The number of fused-ring (bicyclic) bond motifs is 8. The van der Waals surface area contributed by atoms with E-state index in [0.717, 1.165) is 45.6 Å². The van der Waals surface area contributed by atoms with Crippen LogP contribution in [-0.2, 0) is 21.7 Å². The van der Waals surface area contributed by atoms with Crippen molar-refractivity contribution in [2.24, 2.45) is 0 Å². The second-order valence-electron chi connectivity index (χ2n) is 17.1. The Balaban J connectivity index is 1.37. The summed E-state index contributed by atoms with van der Waals surface area (Å²) in [4.78, 5) is 16.3. The molecule has 5 heterocycles. The lowest BCUT2D eigenvalue weighted by Crippen LogP contribution is -2.32. The molecule has 4 aromatic carbocycles. The zero-order valence-electron chi connectivity index (χ0n) is 33.9. The maximum Gasteiger partial charge on any atom is 0.0723 e. The van der Waals surface area contributed by atoms with E-state index in [2.05, 4.69) is 221 Å². The van der Waals surface area contributed by atoms with Crippen LogP contribution in [0.3, 0.4) is 0 Å². The lowest BCUT2D eigenvalue weighted by Gasteiger charge is -2.34.